The van der Waals surface area contributed by atoms with Crippen molar-refractivity contribution in [3.63, 3.8) is 0 Å². The number of unbranched alkanes of at least 4 members (excludes halogenated alkanes) is 37. The summed E-state index contributed by atoms with van der Waals surface area (Å²) in [7, 11) is 0. The van der Waals surface area contributed by atoms with Crippen molar-refractivity contribution in [2.45, 2.75) is 401 Å². The summed E-state index contributed by atoms with van der Waals surface area (Å²) in [5, 5.41) is 120. The van der Waals surface area contributed by atoms with Gasteiger partial charge in [-0.05, 0) is 51.4 Å². The van der Waals surface area contributed by atoms with Gasteiger partial charge >= 0.3 is 0 Å². The quantitative estimate of drug-likeness (QED) is 0.0199. The first-order valence-corrected chi connectivity index (χ1v) is 37.7. The molecule has 3 saturated heterocycles. The molecule has 0 bridgehead atoms. The Labute approximate surface area is 561 Å². The van der Waals surface area contributed by atoms with Gasteiger partial charge in [-0.2, -0.15) is 0 Å². The molecular weight excluding hydrogens is 1190 g/mol. The fraction of sp³-hybridized carbons (Fsp3) is 0.905. The third kappa shape index (κ3) is 37.1. The molecule has 17 atom stereocenters. The number of ether oxygens (including phenoxy) is 6. The van der Waals surface area contributed by atoms with Crippen LogP contribution in [0.2, 0.25) is 0 Å². The van der Waals surface area contributed by atoms with Crippen LogP contribution in [0.4, 0.5) is 0 Å². The number of amides is 1. The fourth-order valence-electron chi connectivity index (χ4n) is 12.9. The molecule has 3 fully saturated rings. The van der Waals surface area contributed by atoms with E-state index in [4.69, 9.17) is 28.4 Å². The maximum Gasteiger partial charge on any atom is 0.220 e. The second kappa shape index (κ2) is 55.8. The lowest BCUT2D eigenvalue weighted by Gasteiger charge is -2.48. The van der Waals surface area contributed by atoms with Crippen LogP contribution in [0.1, 0.15) is 296 Å². The van der Waals surface area contributed by atoms with Gasteiger partial charge in [0, 0.05) is 6.42 Å². The largest absolute Gasteiger partial charge is 0.394 e. The van der Waals surface area contributed by atoms with Crippen molar-refractivity contribution < 1.29 is 89.4 Å². The summed E-state index contributed by atoms with van der Waals surface area (Å²) >= 11 is 0. The molecule has 12 N–H and O–H groups in total. The Kier molecular flexibility index (Phi) is 51.2. The monoisotopic (exact) mass is 1330 g/mol. The van der Waals surface area contributed by atoms with Crippen LogP contribution >= 0.6 is 0 Å². The summed E-state index contributed by atoms with van der Waals surface area (Å²) in [4.78, 5) is 13.3. The standard InChI is InChI=1S/C74H137NO18/c1-3-5-7-9-11-12-13-14-15-16-17-18-19-20-21-22-23-24-25-26-27-28-29-30-31-32-33-34-35-36-37-38-39-40-41-42-43-44-46-48-50-52-62(80)75-57(58(79)51-49-47-45-10-8-6-4-2)56-88-72-68(86)65(83)70(60(54-77)90-72)93-74-69(87)66(84)71(61(55-78)91-74)92-73-67(85)64(82)63(81)59(53-76)89-73/h13-14,16-17,19-20,57-61,63-74,76-79,81-87H,3-12,15,18,21-56H2,1-2H3,(H,75,80)/b14-13-,17-16-,20-19-. The Morgan fingerprint density at radius 3 is 1.11 bits per heavy atom. The van der Waals surface area contributed by atoms with E-state index in [1.54, 1.807) is 0 Å². The minimum Gasteiger partial charge on any atom is -0.394 e. The molecule has 0 aromatic rings. The number of aliphatic hydroxyl groups excluding tert-OH is 11. The first-order valence-electron chi connectivity index (χ1n) is 37.7. The van der Waals surface area contributed by atoms with Crippen molar-refractivity contribution in [1.82, 2.24) is 5.32 Å². The molecule has 17 unspecified atom stereocenters. The number of nitrogens with one attached hydrogen (secondary N) is 1. The van der Waals surface area contributed by atoms with Gasteiger partial charge in [-0.15, -0.1) is 0 Å². The highest BCUT2D eigenvalue weighted by Gasteiger charge is 2.53. The molecule has 546 valence electrons. The second-order valence-electron chi connectivity index (χ2n) is 27.1. The van der Waals surface area contributed by atoms with E-state index in [2.05, 4.69) is 55.6 Å². The first-order chi connectivity index (χ1) is 45.3. The molecule has 3 rings (SSSR count). The number of hydrogen-bond acceptors (Lipinski definition) is 18. The van der Waals surface area contributed by atoms with E-state index in [0.717, 1.165) is 70.6 Å². The van der Waals surface area contributed by atoms with Gasteiger partial charge in [0.05, 0.1) is 38.6 Å². The van der Waals surface area contributed by atoms with Crippen LogP contribution in [-0.4, -0.2) is 193 Å². The van der Waals surface area contributed by atoms with Crippen LogP contribution in [0.15, 0.2) is 36.5 Å². The average molecular weight is 1330 g/mol. The Balaban J connectivity index is 1.21. The van der Waals surface area contributed by atoms with Crippen LogP contribution in [-0.2, 0) is 33.2 Å². The van der Waals surface area contributed by atoms with Crippen molar-refractivity contribution >= 4 is 5.91 Å². The zero-order chi connectivity index (χ0) is 67.5. The molecule has 93 heavy (non-hydrogen) atoms. The van der Waals surface area contributed by atoms with E-state index in [1.807, 2.05) is 0 Å². The van der Waals surface area contributed by atoms with Crippen LogP contribution in [0.5, 0.6) is 0 Å². The van der Waals surface area contributed by atoms with Gasteiger partial charge in [-0.25, -0.2) is 0 Å². The van der Waals surface area contributed by atoms with Gasteiger partial charge in [0.2, 0.25) is 5.91 Å². The SMILES string of the molecule is CCCCCCC/C=C\C/C=C\C/C=C\CCCCCCCCCCCCCCCCCCCCCCCCCCCCC(=O)NC(COC1OC(CO)C(OC2OC(CO)C(OC3OC(CO)C(O)C(O)C3O)C(O)C2O)C(O)C1O)C(O)CCCCCCCCC. The highest BCUT2D eigenvalue weighted by atomic mass is 16.8. The van der Waals surface area contributed by atoms with Gasteiger partial charge in [-0.3, -0.25) is 4.79 Å². The van der Waals surface area contributed by atoms with Crippen LogP contribution < -0.4 is 5.32 Å². The average Bonchev–Trinajstić information content (AvgIpc) is 0.798. The first kappa shape index (κ1) is 85.2. The van der Waals surface area contributed by atoms with Crippen molar-refractivity contribution in [1.29, 1.82) is 0 Å². The predicted molar refractivity (Wildman–Crippen MR) is 365 cm³/mol. The zero-order valence-electron chi connectivity index (χ0n) is 58.0. The Morgan fingerprint density at radius 2 is 0.710 bits per heavy atom. The Morgan fingerprint density at radius 1 is 0.387 bits per heavy atom. The van der Waals surface area contributed by atoms with E-state index in [0.29, 0.717) is 12.8 Å². The third-order valence-corrected chi connectivity index (χ3v) is 19.0. The number of carbonyl (C=O) groups is 1. The predicted octanol–water partition coefficient (Wildman–Crippen LogP) is 11.2. The highest BCUT2D eigenvalue weighted by Crippen LogP contribution is 2.33. The topological polar surface area (TPSA) is 307 Å². The molecule has 0 aliphatic carbocycles. The van der Waals surface area contributed by atoms with Gasteiger partial charge < -0.3 is 89.9 Å². The number of rotatable bonds is 59. The fourth-order valence-corrected chi connectivity index (χ4v) is 12.9. The number of hydrogen-bond donors (Lipinski definition) is 12. The molecule has 0 spiro atoms. The third-order valence-electron chi connectivity index (χ3n) is 19.0. The lowest BCUT2D eigenvalue weighted by molar-refractivity contribution is -0.379. The van der Waals surface area contributed by atoms with Crippen molar-refractivity contribution in [3.05, 3.63) is 36.5 Å². The van der Waals surface area contributed by atoms with Crippen LogP contribution in [0.25, 0.3) is 0 Å². The molecule has 3 aliphatic heterocycles. The molecule has 0 radical (unpaired) electrons. The second-order valence-corrected chi connectivity index (χ2v) is 27.1. The summed E-state index contributed by atoms with van der Waals surface area (Å²) < 4.78 is 34.3. The molecular formula is C74H137NO18. The molecule has 3 aliphatic rings. The highest BCUT2D eigenvalue weighted by molar-refractivity contribution is 5.76. The smallest absolute Gasteiger partial charge is 0.220 e. The van der Waals surface area contributed by atoms with Gasteiger partial charge in [0.15, 0.2) is 18.9 Å². The number of carbonyl (C=O) groups excluding carboxylic acids is 1. The van der Waals surface area contributed by atoms with Crippen molar-refractivity contribution in [3.8, 4) is 0 Å². The minimum atomic E-state index is -1.97. The van der Waals surface area contributed by atoms with Gasteiger partial charge in [0.1, 0.15) is 73.2 Å². The minimum absolute atomic E-state index is 0.242. The van der Waals surface area contributed by atoms with Crippen LogP contribution in [0, 0.1) is 0 Å². The molecule has 0 saturated carbocycles. The van der Waals surface area contributed by atoms with E-state index in [9.17, 15) is 61.0 Å². The molecule has 0 aromatic heterocycles. The molecule has 3 heterocycles. The van der Waals surface area contributed by atoms with E-state index < -0.39 is 124 Å². The number of aliphatic hydroxyl groups is 11. The van der Waals surface area contributed by atoms with E-state index >= 15 is 0 Å². The van der Waals surface area contributed by atoms with Crippen molar-refractivity contribution in [2.75, 3.05) is 26.4 Å². The Bertz CT molecular complexity index is 1830. The molecule has 1 amide bonds. The maximum atomic E-state index is 13.3. The lowest BCUT2D eigenvalue weighted by atomic mass is 9.96. The summed E-state index contributed by atoms with van der Waals surface area (Å²) in [5.74, 6) is -0.242. The molecule has 19 nitrogen and oxygen atoms in total. The summed E-state index contributed by atoms with van der Waals surface area (Å²) in [6, 6.07) is -0.882. The van der Waals surface area contributed by atoms with E-state index in [1.165, 1.54) is 193 Å². The van der Waals surface area contributed by atoms with Crippen molar-refractivity contribution in [2.24, 2.45) is 0 Å². The normalized spacial score (nSPS) is 27.7. The summed E-state index contributed by atoms with van der Waals surface area (Å²) in [6.07, 6.45) is 40.4. The lowest BCUT2D eigenvalue weighted by Crippen LogP contribution is -2.66. The summed E-state index contributed by atoms with van der Waals surface area (Å²) in [6.45, 7) is 1.74. The summed E-state index contributed by atoms with van der Waals surface area (Å²) in [5.41, 5.74) is 0. The van der Waals surface area contributed by atoms with Gasteiger partial charge in [0.25, 0.3) is 0 Å². The van der Waals surface area contributed by atoms with Gasteiger partial charge in [-0.1, -0.05) is 275 Å². The van der Waals surface area contributed by atoms with Crippen LogP contribution in [0.3, 0.4) is 0 Å². The molecule has 19 heteroatoms. The zero-order valence-corrected chi connectivity index (χ0v) is 58.0. The molecule has 0 aromatic carbocycles. The maximum absolute atomic E-state index is 13.3. The number of allylic oxidation sites excluding steroid dienone is 6. The van der Waals surface area contributed by atoms with E-state index in [-0.39, 0.29) is 18.9 Å². The Hall–Kier alpha value is -1.99.